The molecule has 0 aromatic rings. The average Bonchev–Trinajstić information content (AvgIpc) is 1.81. The number of halogens is 2. The smallest absolute Gasteiger partial charge is 0.262 e. The van der Waals surface area contributed by atoms with Crippen LogP contribution in [0.2, 0.25) is 0 Å². The summed E-state index contributed by atoms with van der Waals surface area (Å²) in [7, 11) is 0. The van der Waals surface area contributed by atoms with Crippen molar-refractivity contribution >= 4 is 5.91 Å². The van der Waals surface area contributed by atoms with E-state index in [0.717, 1.165) is 0 Å². The van der Waals surface area contributed by atoms with Crippen molar-refractivity contribution in [2.75, 3.05) is 13.2 Å². The van der Waals surface area contributed by atoms with Gasteiger partial charge in [-0.15, -0.1) is 0 Å². The van der Waals surface area contributed by atoms with E-state index in [-0.39, 0.29) is 0 Å². The summed E-state index contributed by atoms with van der Waals surface area (Å²) in [5.41, 5.74) is 0. The van der Waals surface area contributed by atoms with Crippen LogP contribution in [-0.4, -0.2) is 30.1 Å². The van der Waals surface area contributed by atoms with Crippen LogP contribution >= 0.6 is 0 Å². The van der Waals surface area contributed by atoms with Crippen molar-refractivity contribution in [3.05, 3.63) is 0 Å². The number of alkyl halides is 2. The maximum absolute atomic E-state index is 11.9. The molecule has 0 rings (SSSR count). The molecule has 0 aliphatic heterocycles. The minimum atomic E-state index is -2.91. The van der Waals surface area contributed by atoms with Gasteiger partial charge in [0.15, 0.2) is 0 Å². The molecule has 0 aromatic carbocycles. The topological polar surface area (TPSA) is 49.3 Å². The Morgan fingerprint density at radius 3 is 2.50 bits per heavy atom. The number of aliphatic hydroxyl groups excluding tert-OH is 1. The number of amides is 1. The lowest BCUT2D eigenvalue weighted by molar-refractivity contribution is -0.125. The standard InChI is InChI=1S/C5H9F2NO2/c1-5(6,7)3-8-4(10)2-9/h9H,2-3H2,1H3,(H,8,10). The Hall–Kier alpha value is -0.710. The molecule has 0 heterocycles. The molecule has 5 heteroatoms. The first-order chi connectivity index (χ1) is 4.45. The van der Waals surface area contributed by atoms with Gasteiger partial charge in [0.25, 0.3) is 5.92 Å². The Balaban J connectivity index is 3.46. The molecule has 60 valence electrons. The molecule has 0 bridgehead atoms. The highest BCUT2D eigenvalue weighted by atomic mass is 19.3. The Bertz CT molecular complexity index is 121. The van der Waals surface area contributed by atoms with E-state index < -0.39 is 25.0 Å². The van der Waals surface area contributed by atoms with E-state index in [1.165, 1.54) is 0 Å². The van der Waals surface area contributed by atoms with Crippen molar-refractivity contribution in [2.45, 2.75) is 12.8 Å². The number of nitrogens with one attached hydrogen (secondary N) is 1. The SMILES string of the molecule is CC(F)(F)CNC(=O)CO. The highest BCUT2D eigenvalue weighted by Crippen LogP contribution is 2.08. The van der Waals surface area contributed by atoms with Crippen LogP contribution in [0.5, 0.6) is 0 Å². The molecule has 0 saturated heterocycles. The Kier molecular flexibility index (Phi) is 3.21. The van der Waals surface area contributed by atoms with Crippen LogP contribution < -0.4 is 5.32 Å². The van der Waals surface area contributed by atoms with E-state index in [0.29, 0.717) is 6.92 Å². The van der Waals surface area contributed by atoms with E-state index >= 15 is 0 Å². The van der Waals surface area contributed by atoms with Crippen LogP contribution in [0.15, 0.2) is 0 Å². The van der Waals surface area contributed by atoms with Crippen molar-refractivity contribution in [3.8, 4) is 0 Å². The number of aliphatic hydroxyl groups is 1. The first-order valence-corrected chi connectivity index (χ1v) is 2.71. The molecule has 10 heavy (non-hydrogen) atoms. The number of hydrogen-bond donors (Lipinski definition) is 2. The van der Waals surface area contributed by atoms with Gasteiger partial charge >= 0.3 is 0 Å². The van der Waals surface area contributed by atoms with Crippen LogP contribution in [-0.2, 0) is 4.79 Å². The van der Waals surface area contributed by atoms with Gasteiger partial charge in [-0.2, -0.15) is 0 Å². The summed E-state index contributed by atoms with van der Waals surface area (Å²) in [6, 6.07) is 0. The van der Waals surface area contributed by atoms with Crippen molar-refractivity contribution in [3.63, 3.8) is 0 Å². The minimum absolute atomic E-state index is 0.685. The third-order valence-corrected chi connectivity index (χ3v) is 0.740. The molecule has 0 aromatic heterocycles. The molecule has 2 N–H and O–H groups in total. The lowest BCUT2D eigenvalue weighted by atomic mass is 10.4. The normalized spacial score (nSPS) is 11.2. The number of hydrogen-bond acceptors (Lipinski definition) is 2. The second kappa shape index (κ2) is 3.46. The van der Waals surface area contributed by atoms with E-state index in [2.05, 4.69) is 0 Å². The predicted octanol–water partition coefficient (Wildman–Crippen LogP) is -0.250. The molecule has 3 nitrogen and oxygen atoms in total. The minimum Gasteiger partial charge on any atom is -0.387 e. The summed E-state index contributed by atoms with van der Waals surface area (Å²) in [5, 5.41) is 9.91. The van der Waals surface area contributed by atoms with Gasteiger partial charge in [0, 0.05) is 6.92 Å². The highest BCUT2D eigenvalue weighted by molar-refractivity contribution is 5.76. The van der Waals surface area contributed by atoms with Gasteiger partial charge in [0.2, 0.25) is 5.91 Å². The summed E-state index contributed by atoms with van der Waals surface area (Å²) in [4.78, 5) is 10.2. The van der Waals surface area contributed by atoms with Gasteiger partial charge in [-0.05, 0) is 0 Å². The van der Waals surface area contributed by atoms with E-state index in [1.54, 1.807) is 0 Å². The van der Waals surface area contributed by atoms with Crippen molar-refractivity contribution in [2.24, 2.45) is 0 Å². The lowest BCUT2D eigenvalue weighted by Gasteiger charge is -2.09. The van der Waals surface area contributed by atoms with Crippen molar-refractivity contribution in [1.82, 2.24) is 5.32 Å². The van der Waals surface area contributed by atoms with Crippen molar-refractivity contribution < 1.29 is 18.7 Å². The molecule has 0 aliphatic carbocycles. The summed E-state index contributed by atoms with van der Waals surface area (Å²) in [6.07, 6.45) is 0. The third-order valence-electron chi connectivity index (χ3n) is 0.740. The quantitative estimate of drug-likeness (QED) is 0.587. The van der Waals surface area contributed by atoms with Crippen LogP contribution in [0, 0.1) is 0 Å². The summed E-state index contributed by atoms with van der Waals surface area (Å²) >= 11 is 0. The molecule has 0 spiro atoms. The Morgan fingerprint density at radius 1 is 1.70 bits per heavy atom. The number of carbonyl (C=O) groups is 1. The maximum atomic E-state index is 11.9. The van der Waals surface area contributed by atoms with E-state index in [4.69, 9.17) is 5.11 Å². The first-order valence-electron chi connectivity index (χ1n) is 2.71. The zero-order valence-corrected chi connectivity index (χ0v) is 5.53. The summed E-state index contributed by atoms with van der Waals surface area (Å²) in [6.45, 7) is -0.798. The zero-order valence-electron chi connectivity index (χ0n) is 5.53. The fourth-order valence-corrected chi connectivity index (χ4v) is 0.310. The molecule has 0 radical (unpaired) electrons. The molecular weight excluding hydrogens is 144 g/mol. The van der Waals surface area contributed by atoms with Crippen LogP contribution in [0.1, 0.15) is 6.92 Å². The first kappa shape index (κ1) is 9.29. The van der Waals surface area contributed by atoms with E-state index in [1.807, 2.05) is 5.32 Å². The zero-order chi connectivity index (χ0) is 8.20. The van der Waals surface area contributed by atoms with Crippen molar-refractivity contribution in [1.29, 1.82) is 0 Å². The van der Waals surface area contributed by atoms with Gasteiger partial charge in [-0.1, -0.05) is 0 Å². The molecule has 1 amide bonds. The van der Waals surface area contributed by atoms with Crippen LogP contribution in [0.4, 0.5) is 8.78 Å². The second-order valence-corrected chi connectivity index (χ2v) is 2.01. The van der Waals surface area contributed by atoms with Gasteiger partial charge in [-0.25, -0.2) is 8.78 Å². The molecule has 0 saturated carbocycles. The number of rotatable bonds is 3. The monoisotopic (exact) mass is 153 g/mol. The van der Waals surface area contributed by atoms with Crippen LogP contribution in [0.25, 0.3) is 0 Å². The van der Waals surface area contributed by atoms with Gasteiger partial charge in [0.1, 0.15) is 6.61 Å². The second-order valence-electron chi connectivity index (χ2n) is 2.01. The van der Waals surface area contributed by atoms with E-state index in [9.17, 15) is 13.6 Å². The fourth-order valence-electron chi connectivity index (χ4n) is 0.310. The molecule has 0 fully saturated rings. The molecule has 0 unspecified atom stereocenters. The number of carbonyl (C=O) groups excluding carboxylic acids is 1. The largest absolute Gasteiger partial charge is 0.387 e. The van der Waals surface area contributed by atoms with Crippen LogP contribution in [0.3, 0.4) is 0 Å². The summed E-state index contributed by atoms with van der Waals surface area (Å²) in [5.74, 6) is -3.70. The highest BCUT2D eigenvalue weighted by Gasteiger charge is 2.21. The maximum Gasteiger partial charge on any atom is 0.262 e. The fraction of sp³-hybridized carbons (Fsp3) is 0.800. The van der Waals surface area contributed by atoms with Gasteiger partial charge < -0.3 is 10.4 Å². The Morgan fingerprint density at radius 2 is 2.20 bits per heavy atom. The molecular formula is C5H9F2NO2. The van der Waals surface area contributed by atoms with Gasteiger partial charge in [0.05, 0.1) is 6.54 Å². The average molecular weight is 153 g/mol. The lowest BCUT2D eigenvalue weighted by Crippen LogP contribution is -2.35. The summed E-state index contributed by atoms with van der Waals surface area (Å²) < 4.78 is 23.8. The molecule has 0 atom stereocenters. The van der Waals surface area contributed by atoms with Gasteiger partial charge in [-0.3, -0.25) is 4.79 Å². The third kappa shape index (κ3) is 5.43. The Labute approximate surface area is 57.0 Å². The predicted molar refractivity (Wildman–Crippen MR) is 30.7 cm³/mol. The molecule has 0 aliphatic rings.